The van der Waals surface area contributed by atoms with Gasteiger partial charge < -0.3 is 34.6 Å². The Morgan fingerprint density at radius 3 is 2.39 bits per heavy atom. The van der Waals surface area contributed by atoms with E-state index in [1.807, 2.05) is 0 Å². The van der Waals surface area contributed by atoms with E-state index in [1.165, 1.54) is 24.3 Å². The Morgan fingerprint density at radius 2 is 1.77 bits per heavy atom. The molecule has 1 aliphatic carbocycles. The lowest BCUT2D eigenvalue weighted by Crippen LogP contribution is -2.55. The fraction of sp³-hybridized carbons (Fsp3) is 0.478. The summed E-state index contributed by atoms with van der Waals surface area (Å²) in [6, 6.07) is 9.53. The van der Waals surface area contributed by atoms with E-state index in [9.17, 15) is 24.8 Å². The van der Waals surface area contributed by atoms with Crippen LogP contribution in [0.4, 0.5) is 4.39 Å². The van der Waals surface area contributed by atoms with Crippen LogP contribution in [-0.4, -0.2) is 65.4 Å². The second-order valence-electron chi connectivity index (χ2n) is 7.98. The molecular weight excluding hydrogens is 407 g/mol. The van der Waals surface area contributed by atoms with Crippen molar-refractivity contribution in [1.29, 1.82) is 0 Å². The van der Waals surface area contributed by atoms with E-state index in [0.29, 0.717) is 17.7 Å². The molecule has 1 fully saturated rings. The molecule has 8 heteroatoms. The normalized spacial score (nSPS) is 27.4. The predicted molar refractivity (Wildman–Crippen MR) is 109 cm³/mol. The summed E-state index contributed by atoms with van der Waals surface area (Å²) in [6.07, 6.45) is -4.09. The Bertz CT molecular complexity index is 932. The number of halogens is 1. The number of methoxy groups -OCH3 is 1. The second-order valence-corrected chi connectivity index (χ2v) is 7.98. The molecule has 7 nitrogen and oxygen atoms in total. The van der Waals surface area contributed by atoms with Gasteiger partial charge in [-0.1, -0.05) is 18.2 Å². The third-order valence-corrected chi connectivity index (χ3v) is 6.15. The van der Waals surface area contributed by atoms with Crippen LogP contribution in [0.25, 0.3) is 0 Å². The number of hydrogen-bond donors (Lipinski definition) is 4. The second kappa shape index (κ2) is 9.10. The fourth-order valence-electron chi connectivity index (χ4n) is 4.30. The van der Waals surface area contributed by atoms with Crippen molar-refractivity contribution >= 4 is 0 Å². The average Bonchev–Trinajstić information content (AvgIpc) is 2.75. The minimum atomic E-state index is -1.55. The minimum absolute atomic E-state index is 0.0876. The largest absolute Gasteiger partial charge is 0.496 e. The highest BCUT2D eigenvalue weighted by molar-refractivity contribution is 5.50. The molecule has 31 heavy (non-hydrogen) atoms. The van der Waals surface area contributed by atoms with Gasteiger partial charge >= 0.3 is 0 Å². The average molecular weight is 434 g/mol. The number of hydrogen-bond acceptors (Lipinski definition) is 7. The summed E-state index contributed by atoms with van der Waals surface area (Å²) in [7, 11) is 1.50. The van der Waals surface area contributed by atoms with E-state index in [4.69, 9.17) is 14.2 Å². The molecule has 0 saturated carbocycles. The zero-order chi connectivity index (χ0) is 22.1. The molecule has 168 valence electrons. The highest BCUT2D eigenvalue weighted by atomic mass is 19.1. The van der Waals surface area contributed by atoms with Crippen LogP contribution in [0.15, 0.2) is 30.3 Å². The summed E-state index contributed by atoms with van der Waals surface area (Å²) in [6.45, 7) is -1.67. The van der Waals surface area contributed by atoms with Gasteiger partial charge in [0.1, 0.15) is 42.0 Å². The van der Waals surface area contributed by atoms with E-state index in [-0.39, 0.29) is 5.75 Å². The topological polar surface area (TPSA) is 109 Å². The number of aliphatic hydroxyl groups is 4. The van der Waals surface area contributed by atoms with Crippen molar-refractivity contribution in [2.45, 2.75) is 49.8 Å². The molecule has 0 radical (unpaired) electrons. The van der Waals surface area contributed by atoms with Crippen molar-refractivity contribution < 1.29 is 39.0 Å². The van der Waals surface area contributed by atoms with Gasteiger partial charge in [-0.2, -0.15) is 0 Å². The fourth-order valence-corrected chi connectivity index (χ4v) is 4.30. The Hall–Kier alpha value is -2.23. The van der Waals surface area contributed by atoms with Crippen LogP contribution in [0, 0.1) is 0 Å². The van der Waals surface area contributed by atoms with Gasteiger partial charge in [0.05, 0.1) is 13.7 Å². The molecule has 1 saturated heterocycles. The molecule has 4 rings (SSSR count). The van der Waals surface area contributed by atoms with Gasteiger partial charge in [0, 0.05) is 18.1 Å². The number of benzene rings is 2. The molecule has 2 aromatic carbocycles. The first-order valence-corrected chi connectivity index (χ1v) is 10.3. The molecule has 0 spiro atoms. The Kier molecular flexibility index (Phi) is 6.45. The number of fused-ring (bicyclic) bond motifs is 1. The van der Waals surface area contributed by atoms with E-state index in [2.05, 4.69) is 18.2 Å². The van der Waals surface area contributed by atoms with Gasteiger partial charge in [-0.3, -0.25) is 0 Å². The van der Waals surface area contributed by atoms with Gasteiger partial charge in [-0.25, -0.2) is 4.39 Å². The predicted octanol–water partition coefficient (Wildman–Crippen LogP) is 1.21. The molecule has 1 heterocycles. The lowest BCUT2D eigenvalue weighted by atomic mass is 9.85. The number of ether oxygens (including phenoxy) is 3. The Balaban J connectivity index is 1.73. The molecule has 0 amide bonds. The molecule has 4 N–H and O–H groups in total. The lowest BCUT2D eigenvalue weighted by Gasteiger charge is -2.40. The van der Waals surface area contributed by atoms with E-state index in [1.54, 1.807) is 6.07 Å². The van der Waals surface area contributed by atoms with Crippen LogP contribution >= 0.6 is 0 Å². The first kappa shape index (κ1) is 22.0. The third kappa shape index (κ3) is 4.14. The van der Waals surface area contributed by atoms with Crippen LogP contribution < -0.4 is 9.47 Å². The summed E-state index contributed by atoms with van der Waals surface area (Å²) < 4.78 is 29.4. The Labute approximate surface area is 179 Å². The van der Waals surface area contributed by atoms with Gasteiger partial charge in [-0.05, 0) is 41.2 Å². The number of alkyl halides is 1. The summed E-state index contributed by atoms with van der Waals surface area (Å²) >= 11 is 0. The Morgan fingerprint density at radius 1 is 1.00 bits per heavy atom. The van der Waals surface area contributed by atoms with Crippen molar-refractivity contribution in [3.8, 4) is 11.5 Å². The van der Waals surface area contributed by atoms with Crippen LogP contribution in [0.2, 0.25) is 0 Å². The van der Waals surface area contributed by atoms with Crippen LogP contribution in [0.5, 0.6) is 11.5 Å². The van der Waals surface area contributed by atoms with Crippen molar-refractivity contribution in [1.82, 2.24) is 0 Å². The molecular formula is C23H27FO7. The SMILES string of the molecule is COc1cc(OCF)c([C@@H]2O[C@H](CO)[C@@H](O)[C@H](O)[C@H]2O)cc1Cc1ccc2c(c1)CC2. The third-order valence-electron chi connectivity index (χ3n) is 6.15. The van der Waals surface area contributed by atoms with Gasteiger partial charge in [0.15, 0.2) is 0 Å². The highest BCUT2D eigenvalue weighted by Crippen LogP contribution is 2.41. The zero-order valence-electron chi connectivity index (χ0n) is 17.2. The standard InChI is InChI=1S/C23H27FO7/c1-29-17-9-18(30-11-24)16(23-22(28)21(27)20(26)19(10-25)31-23)8-15(17)7-12-2-3-13-4-5-14(13)6-12/h2-3,6,8-9,19-23,25-28H,4-5,7,10-11H2,1H3/t19-,20-,21+,22-,23+/m1/s1. The smallest absolute Gasteiger partial charge is 0.228 e. The van der Waals surface area contributed by atoms with Crippen LogP contribution in [0.3, 0.4) is 0 Å². The van der Waals surface area contributed by atoms with Crippen LogP contribution in [-0.2, 0) is 24.0 Å². The first-order valence-electron chi connectivity index (χ1n) is 10.3. The van der Waals surface area contributed by atoms with E-state index in [0.717, 1.165) is 24.0 Å². The monoisotopic (exact) mass is 434 g/mol. The molecule has 5 atom stereocenters. The minimum Gasteiger partial charge on any atom is -0.496 e. The molecule has 1 aliphatic heterocycles. The van der Waals surface area contributed by atoms with Gasteiger partial charge in [-0.15, -0.1) is 0 Å². The molecule has 2 aromatic rings. The number of rotatable bonds is 7. The highest BCUT2D eigenvalue weighted by Gasteiger charge is 2.45. The van der Waals surface area contributed by atoms with E-state index < -0.39 is 44.0 Å². The van der Waals surface area contributed by atoms with Crippen molar-refractivity contribution in [2.24, 2.45) is 0 Å². The molecule has 0 unspecified atom stereocenters. The number of aliphatic hydroxyl groups excluding tert-OH is 4. The van der Waals surface area contributed by atoms with E-state index >= 15 is 0 Å². The lowest BCUT2D eigenvalue weighted by molar-refractivity contribution is -0.232. The molecule has 0 aromatic heterocycles. The zero-order valence-corrected chi connectivity index (χ0v) is 17.2. The summed E-state index contributed by atoms with van der Waals surface area (Å²) in [5, 5.41) is 40.3. The summed E-state index contributed by atoms with van der Waals surface area (Å²) in [5.74, 6) is 0.573. The maximum atomic E-state index is 13.1. The van der Waals surface area contributed by atoms with Crippen LogP contribution in [0.1, 0.15) is 33.9 Å². The van der Waals surface area contributed by atoms with Gasteiger partial charge in [0.25, 0.3) is 0 Å². The maximum Gasteiger partial charge on any atom is 0.228 e. The summed E-state index contributed by atoms with van der Waals surface area (Å²) in [5.41, 5.74) is 4.82. The first-order chi connectivity index (χ1) is 15.0. The quantitative estimate of drug-likeness (QED) is 0.519. The van der Waals surface area contributed by atoms with Crippen molar-refractivity contribution in [3.63, 3.8) is 0 Å². The van der Waals surface area contributed by atoms with Gasteiger partial charge in [0.2, 0.25) is 6.86 Å². The molecule has 2 aliphatic rings. The summed E-state index contributed by atoms with van der Waals surface area (Å²) in [4.78, 5) is 0. The molecule has 0 bridgehead atoms. The van der Waals surface area contributed by atoms with Crippen molar-refractivity contribution in [3.05, 3.63) is 58.1 Å². The van der Waals surface area contributed by atoms with Crippen molar-refractivity contribution in [2.75, 3.05) is 20.6 Å². The number of aryl methyl sites for hydroxylation is 2. The maximum absolute atomic E-state index is 13.1.